The van der Waals surface area contributed by atoms with E-state index in [4.69, 9.17) is 4.74 Å². The third-order valence-corrected chi connectivity index (χ3v) is 3.11. The van der Waals surface area contributed by atoms with Crippen LogP contribution in [0.5, 0.6) is 0 Å². The SMILES string of the molecule is CN(C)CCOCCn1cncc1CNC1CC1. The molecule has 0 atom stereocenters. The van der Waals surface area contributed by atoms with Crippen molar-refractivity contribution in [2.75, 3.05) is 33.9 Å². The zero-order valence-electron chi connectivity index (χ0n) is 11.4. The summed E-state index contributed by atoms with van der Waals surface area (Å²) >= 11 is 0. The predicted molar refractivity (Wildman–Crippen MR) is 71.5 cm³/mol. The smallest absolute Gasteiger partial charge is 0.0949 e. The summed E-state index contributed by atoms with van der Waals surface area (Å²) in [4.78, 5) is 6.33. The largest absolute Gasteiger partial charge is 0.378 e. The Bertz CT molecular complexity index is 347. The van der Waals surface area contributed by atoms with Crippen molar-refractivity contribution in [2.45, 2.75) is 32.0 Å². The minimum atomic E-state index is 0.740. The van der Waals surface area contributed by atoms with E-state index in [1.165, 1.54) is 18.5 Å². The van der Waals surface area contributed by atoms with Gasteiger partial charge >= 0.3 is 0 Å². The molecule has 18 heavy (non-hydrogen) atoms. The minimum Gasteiger partial charge on any atom is -0.378 e. The quantitative estimate of drug-likeness (QED) is 0.657. The van der Waals surface area contributed by atoms with E-state index in [9.17, 15) is 0 Å². The van der Waals surface area contributed by atoms with Crippen LogP contribution in [0.25, 0.3) is 0 Å². The van der Waals surface area contributed by atoms with Crippen LogP contribution < -0.4 is 5.32 Å². The number of imidazole rings is 1. The Balaban J connectivity index is 1.63. The predicted octanol–water partition coefficient (Wildman–Crippen LogP) is 0.713. The third kappa shape index (κ3) is 4.76. The van der Waals surface area contributed by atoms with Crippen molar-refractivity contribution in [3.05, 3.63) is 18.2 Å². The summed E-state index contributed by atoms with van der Waals surface area (Å²) in [6.45, 7) is 4.31. The van der Waals surface area contributed by atoms with Gasteiger partial charge < -0.3 is 19.5 Å². The first-order chi connectivity index (χ1) is 8.75. The van der Waals surface area contributed by atoms with Gasteiger partial charge in [0.1, 0.15) is 0 Å². The fourth-order valence-corrected chi connectivity index (χ4v) is 1.75. The Labute approximate surface area is 109 Å². The number of hydrogen-bond donors (Lipinski definition) is 1. The lowest BCUT2D eigenvalue weighted by atomic mass is 10.4. The van der Waals surface area contributed by atoms with Crippen LogP contribution in [-0.4, -0.2) is 54.3 Å². The first-order valence-electron chi connectivity index (χ1n) is 6.70. The summed E-state index contributed by atoms with van der Waals surface area (Å²) in [5.41, 5.74) is 1.25. The van der Waals surface area contributed by atoms with Crippen LogP contribution in [0.15, 0.2) is 12.5 Å². The highest BCUT2D eigenvalue weighted by molar-refractivity contribution is 4.99. The second-order valence-electron chi connectivity index (χ2n) is 5.15. The Kier molecular flexibility index (Phi) is 5.16. The highest BCUT2D eigenvalue weighted by Gasteiger charge is 2.20. The van der Waals surface area contributed by atoms with Gasteiger partial charge in [-0.15, -0.1) is 0 Å². The van der Waals surface area contributed by atoms with E-state index in [2.05, 4.69) is 33.9 Å². The van der Waals surface area contributed by atoms with Gasteiger partial charge in [0.25, 0.3) is 0 Å². The molecular formula is C13H24N4O. The lowest BCUT2D eigenvalue weighted by Crippen LogP contribution is -2.21. The highest BCUT2D eigenvalue weighted by atomic mass is 16.5. The Morgan fingerprint density at radius 3 is 3.00 bits per heavy atom. The average Bonchev–Trinajstić information content (AvgIpc) is 3.06. The van der Waals surface area contributed by atoms with E-state index in [0.717, 1.165) is 38.9 Å². The monoisotopic (exact) mass is 252 g/mol. The maximum Gasteiger partial charge on any atom is 0.0949 e. The standard InChI is InChI=1S/C13H24N4O/c1-16(2)5-7-18-8-6-17-11-14-9-13(17)10-15-12-3-4-12/h9,11-12,15H,3-8,10H2,1-2H3. The molecule has 0 aromatic carbocycles. The second-order valence-corrected chi connectivity index (χ2v) is 5.15. The zero-order valence-corrected chi connectivity index (χ0v) is 11.4. The van der Waals surface area contributed by atoms with E-state index < -0.39 is 0 Å². The number of rotatable bonds is 9. The van der Waals surface area contributed by atoms with Gasteiger partial charge in [0.15, 0.2) is 0 Å². The van der Waals surface area contributed by atoms with Crippen molar-refractivity contribution in [1.29, 1.82) is 0 Å². The van der Waals surface area contributed by atoms with Crippen molar-refractivity contribution in [3.63, 3.8) is 0 Å². The Hall–Kier alpha value is -0.910. The first-order valence-corrected chi connectivity index (χ1v) is 6.70. The van der Waals surface area contributed by atoms with Gasteiger partial charge in [-0.3, -0.25) is 0 Å². The number of ether oxygens (including phenoxy) is 1. The topological polar surface area (TPSA) is 42.3 Å². The number of aromatic nitrogens is 2. The van der Waals surface area contributed by atoms with Gasteiger partial charge in [0.2, 0.25) is 0 Å². The van der Waals surface area contributed by atoms with E-state index in [-0.39, 0.29) is 0 Å². The first kappa shape index (κ1) is 13.5. The van der Waals surface area contributed by atoms with Gasteiger partial charge in [-0.2, -0.15) is 0 Å². The molecule has 0 saturated heterocycles. The van der Waals surface area contributed by atoms with E-state index in [1.807, 2.05) is 12.5 Å². The normalized spacial score (nSPS) is 15.5. The van der Waals surface area contributed by atoms with Gasteiger partial charge in [-0.25, -0.2) is 4.98 Å². The zero-order chi connectivity index (χ0) is 12.8. The fourth-order valence-electron chi connectivity index (χ4n) is 1.75. The van der Waals surface area contributed by atoms with Crippen molar-refractivity contribution in [3.8, 4) is 0 Å². The molecule has 1 aromatic heterocycles. The summed E-state index contributed by atoms with van der Waals surface area (Å²) < 4.78 is 7.77. The molecule has 0 bridgehead atoms. The molecule has 1 aromatic rings. The lowest BCUT2D eigenvalue weighted by molar-refractivity contribution is 0.110. The number of likely N-dealkylation sites (N-methyl/N-ethyl adjacent to an activating group) is 1. The van der Waals surface area contributed by atoms with E-state index in [1.54, 1.807) is 0 Å². The van der Waals surface area contributed by atoms with Crippen LogP contribution >= 0.6 is 0 Å². The lowest BCUT2D eigenvalue weighted by Gasteiger charge is -2.11. The summed E-state index contributed by atoms with van der Waals surface area (Å²) in [6, 6.07) is 0.740. The molecule has 5 heteroatoms. The number of hydrogen-bond acceptors (Lipinski definition) is 4. The molecule has 1 saturated carbocycles. The molecule has 0 spiro atoms. The molecule has 1 aliphatic carbocycles. The second kappa shape index (κ2) is 6.87. The van der Waals surface area contributed by atoms with Crippen molar-refractivity contribution < 1.29 is 4.74 Å². The minimum absolute atomic E-state index is 0.740. The molecule has 5 nitrogen and oxygen atoms in total. The summed E-state index contributed by atoms with van der Waals surface area (Å²) in [5.74, 6) is 0. The van der Waals surface area contributed by atoms with E-state index >= 15 is 0 Å². The van der Waals surface area contributed by atoms with Crippen LogP contribution in [0, 0.1) is 0 Å². The van der Waals surface area contributed by atoms with Crippen LogP contribution in [0.4, 0.5) is 0 Å². The molecule has 102 valence electrons. The highest BCUT2D eigenvalue weighted by Crippen LogP contribution is 2.19. The molecule has 0 amide bonds. The number of nitrogens with zero attached hydrogens (tertiary/aromatic N) is 3. The molecule has 2 rings (SSSR count). The van der Waals surface area contributed by atoms with E-state index in [0.29, 0.717) is 0 Å². The molecule has 0 aliphatic heterocycles. The Morgan fingerprint density at radius 2 is 2.28 bits per heavy atom. The van der Waals surface area contributed by atoms with Crippen molar-refractivity contribution in [2.24, 2.45) is 0 Å². The maximum atomic E-state index is 5.60. The Morgan fingerprint density at radius 1 is 1.44 bits per heavy atom. The van der Waals surface area contributed by atoms with Gasteiger partial charge in [0.05, 0.1) is 25.2 Å². The molecule has 1 N–H and O–H groups in total. The molecular weight excluding hydrogens is 228 g/mol. The maximum absolute atomic E-state index is 5.60. The summed E-state index contributed by atoms with van der Waals surface area (Å²) in [7, 11) is 4.11. The fraction of sp³-hybridized carbons (Fsp3) is 0.769. The van der Waals surface area contributed by atoms with Crippen LogP contribution in [0.1, 0.15) is 18.5 Å². The van der Waals surface area contributed by atoms with Crippen molar-refractivity contribution >= 4 is 0 Å². The van der Waals surface area contributed by atoms with Crippen LogP contribution in [0.3, 0.4) is 0 Å². The van der Waals surface area contributed by atoms with Crippen molar-refractivity contribution in [1.82, 2.24) is 19.8 Å². The van der Waals surface area contributed by atoms with Gasteiger partial charge in [0, 0.05) is 31.9 Å². The third-order valence-electron chi connectivity index (χ3n) is 3.11. The summed E-state index contributed by atoms with van der Waals surface area (Å²) in [5, 5.41) is 3.51. The molecule has 0 radical (unpaired) electrons. The molecule has 1 heterocycles. The average molecular weight is 252 g/mol. The number of nitrogens with one attached hydrogen (secondary N) is 1. The van der Waals surface area contributed by atoms with Gasteiger partial charge in [-0.05, 0) is 26.9 Å². The summed E-state index contributed by atoms with van der Waals surface area (Å²) in [6.07, 6.45) is 6.47. The van der Waals surface area contributed by atoms with Crippen LogP contribution in [0.2, 0.25) is 0 Å². The molecule has 1 aliphatic rings. The van der Waals surface area contributed by atoms with Crippen LogP contribution in [-0.2, 0) is 17.8 Å². The molecule has 1 fully saturated rings. The molecule has 0 unspecified atom stereocenters. The van der Waals surface area contributed by atoms with Gasteiger partial charge in [-0.1, -0.05) is 0 Å².